The number of aliphatic imine (C=N–C) groups is 1. The molecule has 1 rings (SSSR count). The highest BCUT2D eigenvalue weighted by atomic mass is 16.2. The summed E-state index contributed by atoms with van der Waals surface area (Å²) in [4.78, 5) is 31.1. The zero-order chi connectivity index (χ0) is 17.4. The van der Waals surface area contributed by atoms with Crippen LogP contribution in [0.15, 0.2) is 17.1 Å². The number of amides is 2. The molecule has 0 aromatic heterocycles. The van der Waals surface area contributed by atoms with E-state index in [-0.39, 0.29) is 24.4 Å². The highest BCUT2D eigenvalue weighted by molar-refractivity contribution is 5.85. The molecule has 1 saturated heterocycles. The van der Waals surface area contributed by atoms with Crippen molar-refractivity contribution in [1.82, 2.24) is 20.4 Å². The number of carbonyl (C=O) groups is 2. The van der Waals surface area contributed by atoms with E-state index in [0.29, 0.717) is 25.5 Å². The van der Waals surface area contributed by atoms with E-state index in [1.54, 1.807) is 14.1 Å². The van der Waals surface area contributed by atoms with Crippen molar-refractivity contribution in [2.45, 2.75) is 32.7 Å². The summed E-state index contributed by atoms with van der Waals surface area (Å²) in [6.45, 7) is 9.75. The summed E-state index contributed by atoms with van der Waals surface area (Å²) < 4.78 is 0. The van der Waals surface area contributed by atoms with E-state index < -0.39 is 0 Å². The maximum absolute atomic E-state index is 11.7. The van der Waals surface area contributed by atoms with Gasteiger partial charge in [0.1, 0.15) is 6.54 Å². The molecular weight excluding hydrogens is 294 g/mol. The first-order valence-electron chi connectivity index (χ1n) is 8.00. The molecule has 0 aromatic rings. The van der Waals surface area contributed by atoms with Crippen molar-refractivity contribution >= 4 is 17.8 Å². The number of likely N-dealkylation sites (N-methyl/N-ethyl adjacent to an activating group) is 1. The third-order valence-electron chi connectivity index (χ3n) is 3.61. The average Bonchev–Trinajstić information content (AvgIpc) is 2.97. The lowest BCUT2D eigenvalue weighted by Crippen LogP contribution is -2.46. The first-order valence-corrected chi connectivity index (χ1v) is 8.00. The summed E-state index contributed by atoms with van der Waals surface area (Å²) in [5, 5.41) is 6.47. The molecule has 0 aromatic carbocycles. The van der Waals surface area contributed by atoms with Gasteiger partial charge in [0.25, 0.3) is 0 Å². The van der Waals surface area contributed by atoms with Crippen LogP contribution in [-0.2, 0) is 9.59 Å². The fourth-order valence-electron chi connectivity index (χ4n) is 2.20. The number of rotatable bonds is 6. The van der Waals surface area contributed by atoms with Crippen LogP contribution < -0.4 is 10.6 Å². The summed E-state index contributed by atoms with van der Waals surface area (Å²) >= 11 is 0. The molecule has 0 saturated carbocycles. The first-order chi connectivity index (χ1) is 10.8. The van der Waals surface area contributed by atoms with Crippen molar-refractivity contribution in [3.8, 4) is 0 Å². The van der Waals surface area contributed by atoms with E-state index in [9.17, 15) is 9.59 Å². The Morgan fingerprint density at radius 1 is 1.39 bits per heavy atom. The second-order valence-electron chi connectivity index (χ2n) is 6.09. The Hall–Kier alpha value is -2.05. The van der Waals surface area contributed by atoms with Crippen LogP contribution in [0.25, 0.3) is 0 Å². The van der Waals surface area contributed by atoms with E-state index in [2.05, 4.69) is 22.2 Å². The van der Waals surface area contributed by atoms with E-state index in [1.807, 2.05) is 18.7 Å². The fraction of sp³-hybridized carbons (Fsp3) is 0.688. The standard InChI is InChI=1S/C16H29N5O2/c1-6-14(22)21-8-7-13(11-21)19-16(17-9-12(2)3)18-10-15(23)20(4)5/h13H,2,6-11H2,1,3-5H3,(H2,17,18,19). The SMILES string of the molecule is C=C(C)CNC(=NCC(=O)N(C)C)NC1CCN(C(=O)CC)C1. The number of carbonyl (C=O) groups excluding carboxylic acids is 2. The molecule has 23 heavy (non-hydrogen) atoms. The van der Waals surface area contributed by atoms with Gasteiger partial charge in [-0.25, -0.2) is 4.99 Å². The highest BCUT2D eigenvalue weighted by Crippen LogP contribution is 2.10. The van der Waals surface area contributed by atoms with Gasteiger partial charge in [0, 0.05) is 46.2 Å². The van der Waals surface area contributed by atoms with Crippen LogP contribution in [0.3, 0.4) is 0 Å². The average molecular weight is 323 g/mol. The summed E-state index contributed by atoms with van der Waals surface area (Å²) in [5.41, 5.74) is 0.979. The van der Waals surface area contributed by atoms with Crippen LogP contribution in [0.5, 0.6) is 0 Å². The van der Waals surface area contributed by atoms with Gasteiger partial charge in [-0.1, -0.05) is 19.1 Å². The minimum absolute atomic E-state index is 0.0596. The zero-order valence-corrected chi connectivity index (χ0v) is 14.7. The van der Waals surface area contributed by atoms with Crippen molar-refractivity contribution in [3.05, 3.63) is 12.2 Å². The Kier molecular flexibility index (Phi) is 7.57. The maximum atomic E-state index is 11.7. The van der Waals surface area contributed by atoms with Gasteiger partial charge < -0.3 is 20.4 Å². The predicted octanol–water partition coefficient (Wildman–Crippen LogP) is 0.197. The Morgan fingerprint density at radius 2 is 2.09 bits per heavy atom. The second kappa shape index (κ2) is 9.17. The highest BCUT2D eigenvalue weighted by Gasteiger charge is 2.25. The van der Waals surface area contributed by atoms with Gasteiger partial charge >= 0.3 is 0 Å². The van der Waals surface area contributed by atoms with E-state index in [0.717, 1.165) is 18.5 Å². The molecular formula is C16H29N5O2. The van der Waals surface area contributed by atoms with Crippen LogP contribution in [0.4, 0.5) is 0 Å². The molecule has 2 N–H and O–H groups in total. The molecule has 0 aliphatic carbocycles. The number of hydrogen-bond acceptors (Lipinski definition) is 3. The van der Waals surface area contributed by atoms with E-state index in [4.69, 9.17) is 0 Å². The summed E-state index contributed by atoms with van der Waals surface area (Å²) in [6, 6.07) is 0.149. The van der Waals surface area contributed by atoms with Crippen LogP contribution in [0.2, 0.25) is 0 Å². The molecule has 1 atom stereocenters. The molecule has 130 valence electrons. The molecule has 0 radical (unpaired) electrons. The lowest BCUT2D eigenvalue weighted by Gasteiger charge is -2.19. The zero-order valence-electron chi connectivity index (χ0n) is 14.7. The minimum atomic E-state index is -0.0596. The molecule has 1 aliphatic rings. The number of nitrogens with one attached hydrogen (secondary N) is 2. The fourth-order valence-corrected chi connectivity index (χ4v) is 2.20. The predicted molar refractivity (Wildman–Crippen MR) is 92.2 cm³/mol. The molecule has 1 heterocycles. The molecule has 7 heteroatoms. The third kappa shape index (κ3) is 6.71. The van der Waals surface area contributed by atoms with Crippen molar-refractivity contribution < 1.29 is 9.59 Å². The summed E-state index contributed by atoms with van der Waals surface area (Å²) in [7, 11) is 3.41. The summed E-state index contributed by atoms with van der Waals surface area (Å²) in [5.74, 6) is 0.695. The lowest BCUT2D eigenvalue weighted by atomic mass is 10.3. The van der Waals surface area contributed by atoms with E-state index in [1.165, 1.54) is 4.90 Å². The number of guanidine groups is 1. The maximum Gasteiger partial charge on any atom is 0.243 e. The Bertz CT molecular complexity index is 473. The minimum Gasteiger partial charge on any atom is -0.353 e. The molecule has 7 nitrogen and oxygen atoms in total. The van der Waals surface area contributed by atoms with Crippen LogP contribution in [-0.4, -0.2) is 73.9 Å². The second-order valence-corrected chi connectivity index (χ2v) is 6.09. The van der Waals surface area contributed by atoms with Gasteiger partial charge in [-0.15, -0.1) is 0 Å². The molecule has 2 amide bonds. The topological polar surface area (TPSA) is 77.0 Å². The molecule has 1 unspecified atom stereocenters. The van der Waals surface area contributed by atoms with Gasteiger partial charge in [0.05, 0.1) is 0 Å². The molecule has 1 fully saturated rings. The number of hydrogen-bond donors (Lipinski definition) is 2. The Labute approximate surface area is 138 Å². The van der Waals surface area contributed by atoms with Gasteiger partial charge in [-0.3, -0.25) is 9.59 Å². The molecule has 0 spiro atoms. The van der Waals surface area contributed by atoms with Gasteiger partial charge in [0.15, 0.2) is 5.96 Å². The first kappa shape index (κ1) is 19.0. The van der Waals surface area contributed by atoms with Gasteiger partial charge in [-0.05, 0) is 13.3 Å². The van der Waals surface area contributed by atoms with Crippen molar-refractivity contribution in [3.63, 3.8) is 0 Å². The van der Waals surface area contributed by atoms with E-state index >= 15 is 0 Å². The normalized spacial score (nSPS) is 17.8. The smallest absolute Gasteiger partial charge is 0.243 e. The molecule has 1 aliphatic heterocycles. The Morgan fingerprint density at radius 3 is 2.65 bits per heavy atom. The molecule has 0 bridgehead atoms. The Balaban J connectivity index is 2.62. The van der Waals surface area contributed by atoms with Gasteiger partial charge in [0.2, 0.25) is 11.8 Å². The summed E-state index contributed by atoms with van der Waals surface area (Å²) in [6.07, 6.45) is 1.40. The number of nitrogens with zero attached hydrogens (tertiary/aromatic N) is 3. The van der Waals surface area contributed by atoms with Crippen molar-refractivity contribution in [2.24, 2.45) is 4.99 Å². The van der Waals surface area contributed by atoms with Gasteiger partial charge in [-0.2, -0.15) is 0 Å². The van der Waals surface area contributed by atoms with Crippen LogP contribution in [0, 0.1) is 0 Å². The van der Waals surface area contributed by atoms with Crippen LogP contribution >= 0.6 is 0 Å². The third-order valence-corrected chi connectivity index (χ3v) is 3.61. The van der Waals surface area contributed by atoms with Crippen molar-refractivity contribution in [2.75, 3.05) is 40.3 Å². The monoisotopic (exact) mass is 323 g/mol. The quantitative estimate of drug-likeness (QED) is 0.416. The largest absolute Gasteiger partial charge is 0.353 e. The van der Waals surface area contributed by atoms with Crippen LogP contribution in [0.1, 0.15) is 26.7 Å². The van der Waals surface area contributed by atoms with Crippen molar-refractivity contribution in [1.29, 1.82) is 0 Å². The lowest BCUT2D eigenvalue weighted by molar-refractivity contribution is -0.130. The number of likely N-dealkylation sites (tertiary alicyclic amines) is 1.